The van der Waals surface area contributed by atoms with Crippen molar-refractivity contribution in [2.45, 2.75) is 51.7 Å². The van der Waals surface area contributed by atoms with Crippen LogP contribution in [-0.2, 0) is 29.0 Å². The third-order valence-corrected chi connectivity index (χ3v) is 6.08. The zero-order valence-electron chi connectivity index (χ0n) is 19.7. The summed E-state index contributed by atoms with van der Waals surface area (Å²) in [6.45, 7) is 6.16. The van der Waals surface area contributed by atoms with Crippen molar-refractivity contribution in [2.24, 2.45) is 0 Å². The van der Waals surface area contributed by atoms with Gasteiger partial charge < -0.3 is 10.2 Å². The molecule has 0 aliphatic rings. The standard InChI is InChI=1S/C28H30BrClN2O2/c1-28(2,3)31-27(34)25(17-20-7-5-4-6-8-20)32(19-22-9-13-23(29)14-10-22)26(33)18-21-11-15-24(30)16-12-21/h4-16,25H,17-19H2,1-3H3,(H,31,34). The van der Waals surface area contributed by atoms with Gasteiger partial charge >= 0.3 is 0 Å². The van der Waals surface area contributed by atoms with Crippen molar-refractivity contribution in [3.8, 4) is 0 Å². The van der Waals surface area contributed by atoms with E-state index in [-0.39, 0.29) is 18.2 Å². The van der Waals surface area contributed by atoms with Crippen molar-refractivity contribution < 1.29 is 9.59 Å². The summed E-state index contributed by atoms with van der Waals surface area (Å²) in [5.41, 5.74) is 2.38. The summed E-state index contributed by atoms with van der Waals surface area (Å²) in [6, 6.07) is 24.2. The second-order valence-corrected chi connectivity index (χ2v) is 10.7. The van der Waals surface area contributed by atoms with Crippen LogP contribution in [0.3, 0.4) is 0 Å². The van der Waals surface area contributed by atoms with Gasteiger partial charge in [0.15, 0.2) is 0 Å². The van der Waals surface area contributed by atoms with Gasteiger partial charge in [-0.25, -0.2) is 0 Å². The second kappa shape index (κ2) is 11.7. The van der Waals surface area contributed by atoms with Crippen molar-refractivity contribution >= 4 is 39.3 Å². The minimum Gasteiger partial charge on any atom is -0.350 e. The monoisotopic (exact) mass is 540 g/mol. The Morgan fingerprint density at radius 3 is 2.06 bits per heavy atom. The first kappa shape index (κ1) is 26.0. The number of hydrogen-bond acceptors (Lipinski definition) is 2. The van der Waals surface area contributed by atoms with Crippen molar-refractivity contribution in [3.05, 3.63) is 105 Å². The van der Waals surface area contributed by atoms with Gasteiger partial charge in [-0.15, -0.1) is 0 Å². The van der Waals surface area contributed by atoms with E-state index in [9.17, 15) is 9.59 Å². The maximum atomic E-state index is 13.7. The molecule has 1 N–H and O–H groups in total. The predicted molar refractivity (Wildman–Crippen MR) is 142 cm³/mol. The first-order valence-corrected chi connectivity index (χ1v) is 12.4. The molecule has 3 aromatic rings. The van der Waals surface area contributed by atoms with Crippen LogP contribution in [0.25, 0.3) is 0 Å². The molecule has 3 aromatic carbocycles. The number of carbonyl (C=O) groups is 2. The topological polar surface area (TPSA) is 49.4 Å². The van der Waals surface area contributed by atoms with Crippen LogP contribution < -0.4 is 5.32 Å². The molecule has 1 unspecified atom stereocenters. The molecule has 0 aliphatic carbocycles. The highest BCUT2D eigenvalue weighted by Crippen LogP contribution is 2.19. The average Bonchev–Trinajstić information content (AvgIpc) is 2.78. The molecule has 6 heteroatoms. The molecule has 0 saturated carbocycles. The molecular weight excluding hydrogens is 512 g/mol. The lowest BCUT2D eigenvalue weighted by Crippen LogP contribution is -2.54. The molecule has 0 radical (unpaired) electrons. The summed E-state index contributed by atoms with van der Waals surface area (Å²) in [7, 11) is 0. The van der Waals surface area contributed by atoms with Crippen molar-refractivity contribution in [2.75, 3.05) is 0 Å². The number of amides is 2. The highest BCUT2D eigenvalue weighted by molar-refractivity contribution is 9.10. The van der Waals surface area contributed by atoms with Gasteiger partial charge in [-0.3, -0.25) is 9.59 Å². The van der Waals surface area contributed by atoms with Gasteiger partial charge in [0.1, 0.15) is 6.04 Å². The zero-order chi connectivity index (χ0) is 24.7. The van der Waals surface area contributed by atoms with Gasteiger partial charge in [-0.2, -0.15) is 0 Å². The van der Waals surface area contributed by atoms with Crippen LogP contribution in [0, 0.1) is 0 Å². The molecule has 2 amide bonds. The van der Waals surface area contributed by atoms with Crippen LogP contribution in [0.1, 0.15) is 37.5 Å². The highest BCUT2D eigenvalue weighted by atomic mass is 79.9. The van der Waals surface area contributed by atoms with Crippen molar-refractivity contribution in [1.82, 2.24) is 10.2 Å². The summed E-state index contributed by atoms with van der Waals surface area (Å²) >= 11 is 9.49. The molecule has 0 spiro atoms. The van der Waals surface area contributed by atoms with Crippen LogP contribution in [0.5, 0.6) is 0 Å². The lowest BCUT2D eigenvalue weighted by atomic mass is 10.00. The van der Waals surface area contributed by atoms with Gasteiger partial charge in [0, 0.05) is 28.0 Å². The number of nitrogens with zero attached hydrogens (tertiary/aromatic N) is 1. The molecule has 0 fully saturated rings. The lowest BCUT2D eigenvalue weighted by Gasteiger charge is -2.34. The van der Waals surface area contributed by atoms with E-state index in [0.29, 0.717) is 18.0 Å². The Balaban J connectivity index is 1.97. The summed E-state index contributed by atoms with van der Waals surface area (Å²) < 4.78 is 0.960. The lowest BCUT2D eigenvalue weighted by molar-refractivity contribution is -0.141. The quantitative estimate of drug-likeness (QED) is 0.369. The molecule has 0 heterocycles. The van der Waals surface area contributed by atoms with Crippen molar-refractivity contribution in [1.29, 1.82) is 0 Å². The smallest absolute Gasteiger partial charge is 0.243 e. The fraction of sp³-hybridized carbons (Fsp3) is 0.286. The number of halogens is 2. The van der Waals surface area contributed by atoms with E-state index in [1.165, 1.54) is 0 Å². The minimum absolute atomic E-state index is 0.116. The van der Waals surface area contributed by atoms with Crippen LogP contribution in [0.2, 0.25) is 5.02 Å². The van der Waals surface area contributed by atoms with E-state index in [2.05, 4.69) is 21.2 Å². The van der Waals surface area contributed by atoms with Gasteiger partial charge in [0.25, 0.3) is 0 Å². The third kappa shape index (κ3) is 8.00. The molecular formula is C28H30BrClN2O2. The number of nitrogens with one attached hydrogen (secondary N) is 1. The van der Waals surface area contributed by atoms with Gasteiger partial charge in [-0.05, 0) is 61.7 Å². The Kier molecular flexibility index (Phi) is 8.92. The summed E-state index contributed by atoms with van der Waals surface area (Å²) in [6.07, 6.45) is 0.605. The molecule has 0 saturated heterocycles. The van der Waals surface area contributed by atoms with E-state index in [1.54, 1.807) is 17.0 Å². The normalized spacial score (nSPS) is 12.1. The molecule has 1 atom stereocenters. The summed E-state index contributed by atoms with van der Waals surface area (Å²) in [5, 5.41) is 3.70. The Morgan fingerprint density at radius 1 is 0.882 bits per heavy atom. The van der Waals surface area contributed by atoms with Crippen LogP contribution in [-0.4, -0.2) is 28.3 Å². The maximum absolute atomic E-state index is 13.7. The number of hydrogen-bond donors (Lipinski definition) is 1. The Hall–Kier alpha value is -2.63. The van der Waals surface area contributed by atoms with E-state index < -0.39 is 11.6 Å². The third-order valence-electron chi connectivity index (χ3n) is 5.30. The molecule has 0 aliphatic heterocycles. The molecule has 4 nitrogen and oxygen atoms in total. The first-order valence-electron chi connectivity index (χ1n) is 11.2. The average molecular weight is 542 g/mol. The Bertz CT molecular complexity index is 1090. The molecule has 178 valence electrons. The minimum atomic E-state index is -0.662. The molecule has 0 aromatic heterocycles. The van der Waals surface area contributed by atoms with Gasteiger partial charge in [-0.1, -0.05) is 82.1 Å². The maximum Gasteiger partial charge on any atom is 0.243 e. The fourth-order valence-corrected chi connectivity index (χ4v) is 4.06. The predicted octanol–water partition coefficient (Wildman–Crippen LogP) is 6.20. The zero-order valence-corrected chi connectivity index (χ0v) is 22.1. The molecule has 34 heavy (non-hydrogen) atoms. The van der Waals surface area contributed by atoms with Crippen LogP contribution in [0.15, 0.2) is 83.3 Å². The fourth-order valence-electron chi connectivity index (χ4n) is 3.67. The van der Waals surface area contributed by atoms with E-state index >= 15 is 0 Å². The van der Waals surface area contributed by atoms with E-state index in [0.717, 1.165) is 21.2 Å². The SMILES string of the molecule is CC(C)(C)NC(=O)C(Cc1ccccc1)N(Cc1ccc(Br)cc1)C(=O)Cc1ccc(Cl)cc1. The molecule has 3 rings (SSSR count). The highest BCUT2D eigenvalue weighted by Gasteiger charge is 2.32. The largest absolute Gasteiger partial charge is 0.350 e. The summed E-state index contributed by atoms with van der Waals surface area (Å²) in [4.78, 5) is 28.9. The van der Waals surface area contributed by atoms with E-state index in [4.69, 9.17) is 11.6 Å². The van der Waals surface area contributed by atoms with Crippen molar-refractivity contribution in [3.63, 3.8) is 0 Å². The van der Waals surface area contributed by atoms with Gasteiger partial charge in [0.05, 0.1) is 6.42 Å². The van der Waals surface area contributed by atoms with Gasteiger partial charge in [0.2, 0.25) is 11.8 Å². The molecule has 0 bridgehead atoms. The first-order chi connectivity index (χ1) is 16.1. The number of rotatable bonds is 8. The number of carbonyl (C=O) groups excluding carboxylic acids is 2. The second-order valence-electron chi connectivity index (χ2n) is 9.40. The van der Waals surface area contributed by atoms with Crippen LogP contribution >= 0.6 is 27.5 Å². The van der Waals surface area contributed by atoms with Crippen LogP contribution in [0.4, 0.5) is 0 Å². The Morgan fingerprint density at radius 2 is 1.47 bits per heavy atom. The summed E-state index contributed by atoms with van der Waals surface area (Å²) in [5.74, 6) is -0.284. The Labute approximate surface area is 215 Å². The van der Waals surface area contributed by atoms with E-state index in [1.807, 2.05) is 87.5 Å². The number of benzene rings is 3.